The van der Waals surface area contributed by atoms with Gasteiger partial charge in [0.25, 0.3) is 0 Å². The van der Waals surface area contributed by atoms with E-state index < -0.39 is 10.0 Å². The topological polar surface area (TPSA) is 79.0 Å². The number of hydrogen-bond donors (Lipinski definition) is 1. The third kappa shape index (κ3) is 6.25. The summed E-state index contributed by atoms with van der Waals surface area (Å²) in [4.78, 5) is 14.9. The molecule has 0 aliphatic carbocycles. The summed E-state index contributed by atoms with van der Waals surface area (Å²) in [5.74, 6) is 0.610. The monoisotopic (exact) mass is 423 g/mol. The first kappa shape index (κ1) is 22.2. The lowest BCUT2D eigenvalue weighted by atomic mass is 10.1. The zero-order valence-corrected chi connectivity index (χ0v) is 18.1. The van der Waals surface area contributed by atoms with Crippen LogP contribution in [0.15, 0.2) is 29.2 Å². The van der Waals surface area contributed by atoms with Crippen LogP contribution in [-0.2, 0) is 26.0 Å². The molecule has 0 spiro atoms. The van der Waals surface area contributed by atoms with Gasteiger partial charge in [0.2, 0.25) is 15.9 Å². The third-order valence-electron chi connectivity index (χ3n) is 5.67. The van der Waals surface area contributed by atoms with E-state index in [1.165, 1.54) is 10.7 Å². The number of amides is 1. The Bertz CT molecular complexity index is 761. The van der Waals surface area contributed by atoms with Crippen LogP contribution >= 0.6 is 0 Å². The summed E-state index contributed by atoms with van der Waals surface area (Å²) in [6.45, 7) is 7.94. The zero-order valence-electron chi connectivity index (χ0n) is 17.3. The molecule has 2 fully saturated rings. The number of carbonyl (C=O) groups excluding carboxylic acids is 1. The lowest BCUT2D eigenvalue weighted by molar-refractivity contribution is -0.121. The number of hydrogen-bond acceptors (Lipinski definition) is 5. The van der Waals surface area contributed by atoms with Crippen LogP contribution in [0.3, 0.4) is 0 Å². The highest BCUT2D eigenvalue weighted by molar-refractivity contribution is 7.89. The summed E-state index contributed by atoms with van der Waals surface area (Å²) in [6.07, 6.45) is 3.35. The molecule has 162 valence electrons. The van der Waals surface area contributed by atoms with Gasteiger partial charge in [-0.25, -0.2) is 8.42 Å². The maximum Gasteiger partial charge on any atom is 0.243 e. The minimum atomic E-state index is -3.47. The SMILES string of the molecule is CCCN1CCC(CNC(=O)CCc2ccc(S(=O)(=O)N3CCOCC3)cc2)C1. The van der Waals surface area contributed by atoms with Crippen molar-refractivity contribution in [3.05, 3.63) is 29.8 Å². The van der Waals surface area contributed by atoms with E-state index in [9.17, 15) is 13.2 Å². The Labute approximate surface area is 174 Å². The van der Waals surface area contributed by atoms with Crippen LogP contribution in [-0.4, -0.2) is 76.0 Å². The van der Waals surface area contributed by atoms with Crippen molar-refractivity contribution in [3.63, 3.8) is 0 Å². The Kier molecular flexibility index (Phi) is 8.06. The molecule has 2 aliphatic heterocycles. The number of sulfonamides is 1. The number of morpholine rings is 1. The van der Waals surface area contributed by atoms with Gasteiger partial charge in [-0.05, 0) is 56.0 Å². The van der Waals surface area contributed by atoms with Crippen LogP contribution in [0.1, 0.15) is 31.7 Å². The minimum absolute atomic E-state index is 0.0592. The van der Waals surface area contributed by atoms with Crippen molar-refractivity contribution in [3.8, 4) is 0 Å². The van der Waals surface area contributed by atoms with Crippen molar-refractivity contribution < 1.29 is 17.9 Å². The molecule has 1 aromatic carbocycles. The predicted octanol–water partition coefficient (Wildman–Crippen LogP) is 1.49. The summed E-state index contributed by atoms with van der Waals surface area (Å²) >= 11 is 0. The third-order valence-corrected chi connectivity index (χ3v) is 7.58. The minimum Gasteiger partial charge on any atom is -0.379 e. The smallest absolute Gasteiger partial charge is 0.243 e. The predicted molar refractivity (Wildman–Crippen MR) is 112 cm³/mol. The molecule has 0 saturated carbocycles. The summed E-state index contributed by atoms with van der Waals surface area (Å²) in [7, 11) is -3.47. The molecule has 3 rings (SSSR count). The van der Waals surface area contributed by atoms with Crippen molar-refractivity contribution in [1.82, 2.24) is 14.5 Å². The molecule has 8 heteroatoms. The Morgan fingerprint density at radius 2 is 1.90 bits per heavy atom. The van der Waals surface area contributed by atoms with Gasteiger partial charge >= 0.3 is 0 Å². The highest BCUT2D eigenvalue weighted by atomic mass is 32.2. The number of nitrogens with one attached hydrogen (secondary N) is 1. The molecular formula is C21H33N3O4S. The molecule has 7 nitrogen and oxygen atoms in total. The summed E-state index contributed by atoms with van der Waals surface area (Å²) in [5.41, 5.74) is 0.969. The number of benzene rings is 1. The van der Waals surface area contributed by atoms with E-state index in [2.05, 4.69) is 17.1 Å². The lowest BCUT2D eigenvalue weighted by Crippen LogP contribution is -2.40. The van der Waals surface area contributed by atoms with E-state index in [4.69, 9.17) is 4.74 Å². The second kappa shape index (κ2) is 10.5. The Morgan fingerprint density at radius 1 is 1.17 bits per heavy atom. The number of carbonyl (C=O) groups is 1. The maximum atomic E-state index is 12.6. The molecule has 1 atom stereocenters. The van der Waals surface area contributed by atoms with Crippen LogP contribution in [0.4, 0.5) is 0 Å². The van der Waals surface area contributed by atoms with Crippen molar-refractivity contribution in [2.24, 2.45) is 5.92 Å². The molecule has 29 heavy (non-hydrogen) atoms. The second-order valence-corrected chi connectivity index (χ2v) is 9.86. The van der Waals surface area contributed by atoms with Crippen molar-refractivity contribution in [2.75, 3.05) is 52.5 Å². The molecule has 2 aliphatic rings. The van der Waals surface area contributed by atoms with E-state index in [-0.39, 0.29) is 5.91 Å². The normalized spacial score (nSPS) is 21.3. The van der Waals surface area contributed by atoms with E-state index in [1.54, 1.807) is 24.3 Å². The Balaban J connectivity index is 1.42. The molecule has 2 saturated heterocycles. The molecule has 1 N–H and O–H groups in total. The van der Waals surface area contributed by atoms with E-state index in [0.717, 1.165) is 38.2 Å². The average Bonchev–Trinajstić information content (AvgIpc) is 3.19. The molecule has 2 heterocycles. The second-order valence-electron chi connectivity index (χ2n) is 7.92. The van der Waals surface area contributed by atoms with Crippen LogP contribution in [0.25, 0.3) is 0 Å². The van der Waals surface area contributed by atoms with Gasteiger partial charge in [-0.1, -0.05) is 19.1 Å². The maximum absolute atomic E-state index is 12.6. The van der Waals surface area contributed by atoms with Gasteiger partial charge in [0.15, 0.2) is 0 Å². The molecule has 0 bridgehead atoms. The van der Waals surface area contributed by atoms with E-state index in [1.807, 2.05) is 0 Å². The van der Waals surface area contributed by atoms with Gasteiger partial charge in [0, 0.05) is 32.6 Å². The van der Waals surface area contributed by atoms with Crippen LogP contribution in [0, 0.1) is 5.92 Å². The Hall–Kier alpha value is -1.48. The fraction of sp³-hybridized carbons (Fsp3) is 0.667. The van der Waals surface area contributed by atoms with Crippen LogP contribution in [0.2, 0.25) is 0 Å². The number of likely N-dealkylation sites (tertiary alicyclic amines) is 1. The first-order valence-corrected chi connectivity index (χ1v) is 12.1. The molecule has 0 radical (unpaired) electrons. The molecule has 0 aromatic heterocycles. The van der Waals surface area contributed by atoms with E-state index in [0.29, 0.717) is 50.0 Å². The Morgan fingerprint density at radius 3 is 2.59 bits per heavy atom. The fourth-order valence-electron chi connectivity index (χ4n) is 3.97. The van der Waals surface area contributed by atoms with Gasteiger partial charge in [-0.3, -0.25) is 4.79 Å². The molecule has 1 aromatic rings. The lowest BCUT2D eigenvalue weighted by Gasteiger charge is -2.26. The van der Waals surface area contributed by atoms with Gasteiger partial charge < -0.3 is 15.0 Å². The molecular weight excluding hydrogens is 390 g/mol. The summed E-state index contributed by atoms with van der Waals surface area (Å²) in [6, 6.07) is 6.89. The highest BCUT2D eigenvalue weighted by Gasteiger charge is 2.26. The van der Waals surface area contributed by atoms with E-state index >= 15 is 0 Å². The van der Waals surface area contributed by atoms with Gasteiger partial charge in [0.05, 0.1) is 18.1 Å². The van der Waals surface area contributed by atoms with Gasteiger partial charge in [0.1, 0.15) is 0 Å². The summed E-state index contributed by atoms with van der Waals surface area (Å²) < 4.78 is 32.0. The van der Waals surface area contributed by atoms with Crippen molar-refractivity contribution in [2.45, 2.75) is 37.5 Å². The molecule has 1 unspecified atom stereocenters. The average molecular weight is 424 g/mol. The number of nitrogens with zero attached hydrogens (tertiary/aromatic N) is 2. The van der Waals surface area contributed by atoms with Crippen LogP contribution < -0.4 is 5.32 Å². The highest BCUT2D eigenvalue weighted by Crippen LogP contribution is 2.18. The number of ether oxygens (including phenoxy) is 1. The number of rotatable bonds is 9. The van der Waals surface area contributed by atoms with Gasteiger partial charge in [-0.15, -0.1) is 0 Å². The first-order valence-electron chi connectivity index (χ1n) is 10.6. The van der Waals surface area contributed by atoms with Crippen LogP contribution in [0.5, 0.6) is 0 Å². The van der Waals surface area contributed by atoms with Crippen molar-refractivity contribution in [1.29, 1.82) is 0 Å². The largest absolute Gasteiger partial charge is 0.379 e. The zero-order chi connectivity index (χ0) is 20.7. The first-order chi connectivity index (χ1) is 14.0. The molecule has 1 amide bonds. The number of aryl methyl sites for hydroxylation is 1. The summed E-state index contributed by atoms with van der Waals surface area (Å²) in [5, 5.41) is 3.06. The standard InChI is InChI=1S/C21H33N3O4S/c1-2-10-23-11-9-19(17-23)16-22-21(25)8-5-18-3-6-20(7-4-18)29(26,27)24-12-14-28-15-13-24/h3-4,6-7,19H,2,5,8-17H2,1H3,(H,22,25). The van der Waals surface area contributed by atoms with Crippen molar-refractivity contribution >= 4 is 15.9 Å². The quantitative estimate of drug-likeness (QED) is 0.651. The van der Waals surface area contributed by atoms with Gasteiger partial charge in [-0.2, -0.15) is 4.31 Å². The fourth-order valence-corrected chi connectivity index (χ4v) is 5.38.